The van der Waals surface area contributed by atoms with Crippen molar-refractivity contribution in [2.75, 3.05) is 25.0 Å². The molecule has 1 aliphatic heterocycles. The minimum Gasteiger partial charge on any atom is -0.481 e. The smallest absolute Gasteiger partial charge is 0.303 e. The fourth-order valence-electron chi connectivity index (χ4n) is 2.14. The maximum Gasteiger partial charge on any atom is 0.303 e. The topological polar surface area (TPSA) is 69.6 Å². The molecule has 0 radical (unpaired) electrons. The van der Waals surface area contributed by atoms with Gasteiger partial charge in [0, 0.05) is 13.1 Å². The zero-order chi connectivity index (χ0) is 13.8. The minimum atomic E-state index is -0.819. The van der Waals surface area contributed by atoms with Crippen LogP contribution in [0.2, 0.25) is 0 Å². The molecule has 1 heterocycles. The molecule has 0 saturated carbocycles. The van der Waals surface area contributed by atoms with Gasteiger partial charge in [0.2, 0.25) is 5.91 Å². The van der Waals surface area contributed by atoms with Gasteiger partial charge in [0.05, 0.1) is 18.7 Å². The zero-order valence-electron chi connectivity index (χ0n) is 10.3. The highest BCUT2D eigenvalue weighted by molar-refractivity contribution is 5.92. The Labute approximate surface area is 110 Å². The number of carbonyl (C=O) groups excluding carboxylic acids is 1. The van der Waals surface area contributed by atoms with Gasteiger partial charge in [-0.1, -0.05) is 12.1 Å². The Balaban J connectivity index is 1.75. The number of benzene rings is 1. The second kappa shape index (κ2) is 5.79. The average molecular weight is 266 g/mol. The van der Waals surface area contributed by atoms with E-state index in [0.29, 0.717) is 13.1 Å². The van der Waals surface area contributed by atoms with Crippen LogP contribution < -0.4 is 5.32 Å². The predicted molar refractivity (Wildman–Crippen MR) is 67.2 cm³/mol. The first-order valence-corrected chi connectivity index (χ1v) is 6.03. The van der Waals surface area contributed by atoms with Gasteiger partial charge in [-0.15, -0.1) is 0 Å². The summed E-state index contributed by atoms with van der Waals surface area (Å²) in [7, 11) is 0. The molecule has 0 unspecified atom stereocenters. The van der Waals surface area contributed by atoms with Crippen LogP contribution in [0.1, 0.15) is 6.42 Å². The lowest BCUT2D eigenvalue weighted by atomic mass is 9.96. The summed E-state index contributed by atoms with van der Waals surface area (Å²) in [6.07, 6.45) is 0.130. The van der Waals surface area contributed by atoms with E-state index in [2.05, 4.69) is 5.32 Å². The summed E-state index contributed by atoms with van der Waals surface area (Å²) < 4.78 is 13.3. The molecule has 19 heavy (non-hydrogen) atoms. The molecule has 0 spiro atoms. The maximum atomic E-state index is 13.3. The summed E-state index contributed by atoms with van der Waals surface area (Å²) in [5.74, 6) is -1.47. The number of halogens is 1. The Morgan fingerprint density at radius 3 is 2.68 bits per heavy atom. The molecule has 1 aromatic rings. The molecule has 6 heteroatoms. The number of carboxylic acid groups (broad SMARTS) is 1. The quantitative estimate of drug-likeness (QED) is 0.839. The van der Waals surface area contributed by atoms with Crippen molar-refractivity contribution in [3.8, 4) is 0 Å². The van der Waals surface area contributed by atoms with Gasteiger partial charge < -0.3 is 10.4 Å². The summed E-state index contributed by atoms with van der Waals surface area (Å²) >= 11 is 0. The van der Waals surface area contributed by atoms with Crippen LogP contribution in [-0.4, -0.2) is 41.5 Å². The van der Waals surface area contributed by atoms with E-state index in [9.17, 15) is 14.0 Å². The molecule has 1 aromatic carbocycles. The highest BCUT2D eigenvalue weighted by Crippen LogP contribution is 2.19. The van der Waals surface area contributed by atoms with Crippen LogP contribution in [0.3, 0.4) is 0 Å². The number of rotatable bonds is 5. The third kappa shape index (κ3) is 3.75. The first-order valence-electron chi connectivity index (χ1n) is 6.03. The van der Waals surface area contributed by atoms with Crippen LogP contribution in [0.5, 0.6) is 0 Å². The molecule has 2 rings (SSSR count). The van der Waals surface area contributed by atoms with Crippen LogP contribution >= 0.6 is 0 Å². The van der Waals surface area contributed by atoms with Crippen molar-refractivity contribution in [1.29, 1.82) is 0 Å². The Morgan fingerprint density at radius 1 is 1.37 bits per heavy atom. The van der Waals surface area contributed by atoms with Gasteiger partial charge in [-0.25, -0.2) is 4.39 Å². The van der Waals surface area contributed by atoms with Crippen molar-refractivity contribution in [3.05, 3.63) is 30.1 Å². The number of nitrogens with one attached hydrogen (secondary N) is 1. The number of nitrogens with zero attached hydrogens (tertiary/aromatic N) is 1. The number of hydrogen-bond acceptors (Lipinski definition) is 3. The molecular formula is C13H15FN2O3. The number of amides is 1. The van der Waals surface area contributed by atoms with Crippen LogP contribution in [0.4, 0.5) is 10.1 Å². The Hall–Kier alpha value is -1.95. The highest BCUT2D eigenvalue weighted by Gasteiger charge is 2.29. The Kier molecular flexibility index (Phi) is 4.11. The number of likely N-dealkylation sites (tertiary alicyclic amines) is 1. The summed E-state index contributed by atoms with van der Waals surface area (Å²) in [5, 5.41) is 11.1. The lowest BCUT2D eigenvalue weighted by Crippen LogP contribution is -2.50. The van der Waals surface area contributed by atoms with Crippen molar-refractivity contribution < 1.29 is 19.1 Å². The predicted octanol–water partition coefficient (Wildman–Crippen LogP) is 1.17. The molecule has 0 atom stereocenters. The molecule has 0 aliphatic carbocycles. The molecule has 102 valence electrons. The zero-order valence-corrected chi connectivity index (χ0v) is 10.3. The number of carbonyl (C=O) groups is 2. The van der Waals surface area contributed by atoms with Crippen LogP contribution in [0.15, 0.2) is 24.3 Å². The third-order valence-corrected chi connectivity index (χ3v) is 3.01. The summed E-state index contributed by atoms with van der Waals surface area (Å²) in [6.45, 7) is 1.35. The monoisotopic (exact) mass is 266 g/mol. The van der Waals surface area contributed by atoms with Crippen molar-refractivity contribution in [3.63, 3.8) is 0 Å². The fourth-order valence-corrected chi connectivity index (χ4v) is 2.14. The number of para-hydroxylation sites is 1. The lowest BCUT2D eigenvalue weighted by molar-refractivity contribution is -0.139. The van der Waals surface area contributed by atoms with E-state index in [1.807, 2.05) is 4.90 Å². The van der Waals surface area contributed by atoms with E-state index in [0.717, 1.165) is 0 Å². The molecule has 0 aromatic heterocycles. The van der Waals surface area contributed by atoms with E-state index in [4.69, 9.17) is 5.11 Å². The standard InChI is InChI=1S/C13H15FN2O3/c14-10-3-1-2-4-11(10)15-12(17)8-16-6-9(7-16)5-13(18)19/h1-4,9H,5-8H2,(H,15,17)(H,18,19). The Bertz CT molecular complexity index is 487. The third-order valence-electron chi connectivity index (χ3n) is 3.01. The van der Waals surface area contributed by atoms with E-state index >= 15 is 0 Å². The summed E-state index contributed by atoms with van der Waals surface area (Å²) in [5.41, 5.74) is 0.162. The van der Waals surface area contributed by atoms with Crippen molar-refractivity contribution in [2.24, 2.45) is 5.92 Å². The van der Waals surface area contributed by atoms with Crippen LogP contribution in [0.25, 0.3) is 0 Å². The van der Waals surface area contributed by atoms with Gasteiger partial charge in [-0.3, -0.25) is 14.5 Å². The van der Waals surface area contributed by atoms with Crippen molar-refractivity contribution >= 4 is 17.6 Å². The molecule has 1 aliphatic rings. The second-order valence-electron chi connectivity index (χ2n) is 4.69. The molecular weight excluding hydrogens is 251 g/mol. The van der Waals surface area contributed by atoms with Crippen molar-refractivity contribution in [1.82, 2.24) is 4.90 Å². The molecule has 1 saturated heterocycles. The number of carboxylic acids is 1. The number of anilines is 1. The SMILES string of the molecule is O=C(O)CC1CN(CC(=O)Nc2ccccc2F)C1. The summed E-state index contributed by atoms with van der Waals surface area (Å²) in [4.78, 5) is 24.0. The molecule has 0 bridgehead atoms. The molecule has 1 amide bonds. The van der Waals surface area contributed by atoms with E-state index in [1.54, 1.807) is 12.1 Å². The second-order valence-corrected chi connectivity index (χ2v) is 4.69. The largest absolute Gasteiger partial charge is 0.481 e. The maximum absolute atomic E-state index is 13.3. The number of aliphatic carboxylic acids is 1. The average Bonchev–Trinajstić information content (AvgIpc) is 2.29. The van der Waals surface area contributed by atoms with Gasteiger partial charge in [-0.2, -0.15) is 0 Å². The first kappa shape index (κ1) is 13.5. The van der Waals surface area contributed by atoms with E-state index in [1.165, 1.54) is 12.1 Å². The van der Waals surface area contributed by atoms with E-state index < -0.39 is 11.8 Å². The van der Waals surface area contributed by atoms with Crippen LogP contribution in [0, 0.1) is 11.7 Å². The van der Waals surface area contributed by atoms with Gasteiger partial charge in [-0.05, 0) is 18.1 Å². The van der Waals surface area contributed by atoms with Gasteiger partial charge in [0.15, 0.2) is 0 Å². The molecule has 5 nitrogen and oxygen atoms in total. The van der Waals surface area contributed by atoms with Crippen molar-refractivity contribution in [2.45, 2.75) is 6.42 Å². The van der Waals surface area contributed by atoms with Crippen LogP contribution in [-0.2, 0) is 9.59 Å². The molecule has 1 fully saturated rings. The lowest BCUT2D eigenvalue weighted by Gasteiger charge is -2.37. The number of hydrogen-bond donors (Lipinski definition) is 2. The molecule has 2 N–H and O–H groups in total. The first-order chi connectivity index (χ1) is 9.04. The van der Waals surface area contributed by atoms with Gasteiger partial charge >= 0.3 is 5.97 Å². The van der Waals surface area contributed by atoms with Gasteiger partial charge in [0.25, 0.3) is 0 Å². The minimum absolute atomic E-state index is 0.110. The van der Waals surface area contributed by atoms with E-state index in [-0.39, 0.29) is 30.5 Å². The normalized spacial score (nSPS) is 15.8. The Morgan fingerprint density at radius 2 is 2.05 bits per heavy atom. The highest BCUT2D eigenvalue weighted by atomic mass is 19.1. The summed E-state index contributed by atoms with van der Waals surface area (Å²) in [6, 6.07) is 5.97. The van der Waals surface area contributed by atoms with Gasteiger partial charge in [0.1, 0.15) is 5.82 Å². The fraction of sp³-hybridized carbons (Fsp3) is 0.385.